The molecule has 3 heteroatoms. The van der Waals surface area contributed by atoms with Crippen molar-refractivity contribution in [2.45, 2.75) is 83.1 Å². The molecule has 2 saturated carbocycles. The number of carbonyl (C=O) groups is 1. The van der Waals surface area contributed by atoms with Gasteiger partial charge in [-0.1, -0.05) is 32.1 Å². The summed E-state index contributed by atoms with van der Waals surface area (Å²) in [5.74, 6) is 1.21. The highest BCUT2D eigenvalue weighted by atomic mass is 16.3. The van der Waals surface area contributed by atoms with Crippen LogP contribution in [0.1, 0.15) is 77.0 Å². The van der Waals surface area contributed by atoms with E-state index in [9.17, 15) is 4.79 Å². The average molecular weight is 281 g/mol. The van der Waals surface area contributed by atoms with E-state index in [2.05, 4.69) is 4.90 Å². The van der Waals surface area contributed by atoms with Crippen LogP contribution in [0.25, 0.3) is 0 Å². The first kappa shape index (κ1) is 15.8. The van der Waals surface area contributed by atoms with E-state index in [1.54, 1.807) is 0 Å². The van der Waals surface area contributed by atoms with Crippen molar-refractivity contribution in [1.82, 2.24) is 4.90 Å². The van der Waals surface area contributed by atoms with E-state index in [0.717, 1.165) is 31.7 Å². The minimum atomic E-state index is 0.193. The molecule has 0 aliphatic heterocycles. The van der Waals surface area contributed by atoms with Gasteiger partial charge >= 0.3 is 0 Å². The second-order valence-electron chi connectivity index (χ2n) is 6.65. The summed E-state index contributed by atoms with van der Waals surface area (Å²) in [6.45, 7) is 0.946. The molecule has 0 unspecified atom stereocenters. The van der Waals surface area contributed by atoms with Gasteiger partial charge in [0.1, 0.15) is 0 Å². The molecule has 2 aliphatic rings. The first-order valence-electron chi connectivity index (χ1n) is 8.71. The smallest absolute Gasteiger partial charge is 0.222 e. The molecule has 2 aliphatic carbocycles. The van der Waals surface area contributed by atoms with Crippen LogP contribution in [0.2, 0.25) is 0 Å². The molecule has 0 spiro atoms. The molecule has 0 atom stereocenters. The Morgan fingerprint density at radius 2 is 1.75 bits per heavy atom. The van der Waals surface area contributed by atoms with Crippen molar-refractivity contribution in [2.24, 2.45) is 5.92 Å². The highest BCUT2D eigenvalue weighted by molar-refractivity contribution is 5.76. The van der Waals surface area contributed by atoms with E-state index < -0.39 is 0 Å². The van der Waals surface area contributed by atoms with Gasteiger partial charge in [-0.25, -0.2) is 0 Å². The number of aliphatic hydroxyl groups is 1. The quantitative estimate of drug-likeness (QED) is 0.739. The van der Waals surface area contributed by atoms with Crippen molar-refractivity contribution in [3.63, 3.8) is 0 Å². The first-order chi connectivity index (χ1) is 9.81. The van der Waals surface area contributed by atoms with Gasteiger partial charge < -0.3 is 10.0 Å². The van der Waals surface area contributed by atoms with Gasteiger partial charge in [-0.2, -0.15) is 0 Å². The standard InChI is InChI=1S/C17H31NO2/c19-14-6-13-18(16-10-5-11-16)17(20)12-4-9-15-7-2-1-3-8-15/h15-16,19H,1-14H2. The highest BCUT2D eigenvalue weighted by Gasteiger charge is 2.28. The largest absolute Gasteiger partial charge is 0.396 e. The molecular weight excluding hydrogens is 250 g/mol. The summed E-state index contributed by atoms with van der Waals surface area (Å²) in [5, 5.41) is 8.98. The van der Waals surface area contributed by atoms with Gasteiger partial charge in [0.05, 0.1) is 0 Å². The zero-order valence-electron chi connectivity index (χ0n) is 12.9. The Kier molecular flexibility index (Phi) is 6.85. The van der Waals surface area contributed by atoms with E-state index in [4.69, 9.17) is 5.11 Å². The Balaban J connectivity index is 1.67. The third kappa shape index (κ3) is 4.76. The first-order valence-corrected chi connectivity index (χ1v) is 8.71. The maximum atomic E-state index is 12.4. The van der Waals surface area contributed by atoms with Gasteiger partial charge in [0.15, 0.2) is 0 Å². The predicted molar refractivity (Wildman–Crippen MR) is 81.5 cm³/mol. The summed E-state index contributed by atoms with van der Waals surface area (Å²) >= 11 is 0. The van der Waals surface area contributed by atoms with Crippen LogP contribution in [0.4, 0.5) is 0 Å². The molecule has 1 amide bonds. The normalized spacial score (nSPS) is 20.6. The maximum absolute atomic E-state index is 12.4. The Labute approximate surface area is 123 Å². The topological polar surface area (TPSA) is 40.5 Å². The van der Waals surface area contributed by atoms with E-state index in [0.29, 0.717) is 11.9 Å². The highest BCUT2D eigenvalue weighted by Crippen LogP contribution is 2.29. The summed E-state index contributed by atoms with van der Waals surface area (Å²) in [5.41, 5.74) is 0. The molecule has 1 N–H and O–H groups in total. The fourth-order valence-corrected chi connectivity index (χ4v) is 3.61. The Morgan fingerprint density at radius 3 is 2.35 bits per heavy atom. The number of aliphatic hydroxyl groups excluding tert-OH is 1. The van der Waals surface area contributed by atoms with E-state index in [-0.39, 0.29) is 6.61 Å². The van der Waals surface area contributed by atoms with E-state index >= 15 is 0 Å². The number of rotatable bonds is 8. The van der Waals surface area contributed by atoms with Gasteiger partial charge in [-0.05, 0) is 44.4 Å². The van der Waals surface area contributed by atoms with Crippen molar-refractivity contribution >= 4 is 5.91 Å². The monoisotopic (exact) mass is 281 g/mol. The van der Waals surface area contributed by atoms with Gasteiger partial charge in [-0.15, -0.1) is 0 Å². The fourth-order valence-electron chi connectivity index (χ4n) is 3.61. The number of hydrogen-bond donors (Lipinski definition) is 1. The molecule has 0 aromatic rings. The number of amides is 1. The minimum absolute atomic E-state index is 0.193. The van der Waals surface area contributed by atoms with Crippen LogP contribution in [0.15, 0.2) is 0 Å². The van der Waals surface area contributed by atoms with Crippen LogP contribution in [-0.2, 0) is 4.79 Å². The van der Waals surface area contributed by atoms with Crippen LogP contribution in [0, 0.1) is 5.92 Å². The van der Waals surface area contributed by atoms with E-state index in [1.807, 2.05) is 0 Å². The average Bonchev–Trinajstić information content (AvgIpc) is 2.42. The van der Waals surface area contributed by atoms with Gasteiger partial charge in [0.25, 0.3) is 0 Å². The lowest BCUT2D eigenvalue weighted by Crippen LogP contribution is -2.44. The predicted octanol–water partition coefficient (Wildman–Crippen LogP) is 3.50. The summed E-state index contributed by atoms with van der Waals surface area (Å²) in [4.78, 5) is 14.4. The van der Waals surface area contributed by atoms with Gasteiger partial charge in [0, 0.05) is 25.6 Å². The molecule has 20 heavy (non-hydrogen) atoms. The molecule has 2 rings (SSSR count). The summed E-state index contributed by atoms with van der Waals surface area (Å²) < 4.78 is 0. The second kappa shape index (κ2) is 8.66. The van der Waals surface area contributed by atoms with Crippen molar-refractivity contribution in [2.75, 3.05) is 13.2 Å². The van der Waals surface area contributed by atoms with E-state index in [1.165, 1.54) is 57.8 Å². The Hall–Kier alpha value is -0.570. The van der Waals surface area contributed by atoms with Crippen molar-refractivity contribution in [3.05, 3.63) is 0 Å². The molecule has 0 saturated heterocycles. The van der Waals surface area contributed by atoms with Gasteiger partial charge in [-0.3, -0.25) is 4.79 Å². The summed E-state index contributed by atoms with van der Waals surface area (Å²) in [6, 6.07) is 0.476. The van der Waals surface area contributed by atoms with Crippen molar-refractivity contribution in [1.29, 1.82) is 0 Å². The zero-order chi connectivity index (χ0) is 14.2. The number of carbonyl (C=O) groups excluding carboxylic acids is 1. The molecule has 0 radical (unpaired) electrons. The molecule has 2 fully saturated rings. The van der Waals surface area contributed by atoms with Crippen LogP contribution in [-0.4, -0.2) is 35.1 Å². The van der Waals surface area contributed by atoms with Gasteiger partial charge in [0.2, 0.25) is 5.91 Å². The maximum Gasteiger partial charge on any atom is 0.222 e. The minimum Gasteiger partial charge on any atom is -0.396 e. The molecule has 0 bridgehead atoms. The lowest BCUT2D eigenvalue weighted by atomic mass is 9.85. The SMILES string of the molecule is O=C(CCCC1CCCCC1)N(CCCO)C1CCC1. The van der Waals surface area contributed by atoms with Crippen LogP contribution in [0.5, 0.6) is 0 Å². The van der Waals surface area contributed by atoms with Crippen LogP contribution < -0.4 is 0 Å². The summed E-state index contributed by atoms with van der Waals surface area (Å²) in [6.07, 6.45) is 14.3. The molecule has 0 heterocycles. The number of nitrogens with zero attached hydrogens (tertiary/aromatic N) is 1. The van der Waals surface area contributed by atoms with Crippen molar-refractivity contribution in [3.8, 4) is 0 Å². The molecule has 0 aromatic carbocycles. The Bertz CT molecular complexity index is 283. The lowest BCUT2D eigenvalue weighted by molar-refractivity contribution is -0.135. The van der Waals surface area contributed by atoms with Crippen LogP contribution in [0.3, 0.4) is 0 Å². The molecule has 0 aromatic heterocycles. The molecule has 3 nitrogen and oxygen atoms in total. The molecular formula is C17H31NO2. The zero-order valence-corrected chi connectivity index (χ0v) is 12.9. The number of hydrogen-bond acceptors (Lipinski definition) is 2. The second-order valence-corrected chi connectivity index (χ2v) is 6.65. The van der Waals surface area contributed by atoms with Crippen molar-refractivity contribution < 1.29 is 9.90 Å². The summed E-state index contributed by atoms with van der Waals surface area (Å²) in [7, 11) is 0. The lowest BCUT2D eigenvalue weighted by Gasteiger charge is -2.37. The third-order valence-electron chi connectivity index (χ3n) is 5.12. The Morgan fingerprint density at radius 1 is 1.00 bits per heavy atom. The third-order valence-corrected chi connectivity index (χ3v) is 5.12. The molecule has 116 valence electrons. The fraction of sp³-hybridized carbons (Fsp3) is 0.941. The van der Waals surface area contributed by atoms with Crippen LogP contribution >= 0.6 is 0 Å².